The topological polar surface area (TPSA) is 52.9 Å². The fourth-order valence-corrected chi connectivity index (χ4v) is 1.40. The van der Waals surface area contributed by atoms with Crippen molar-refractivity contribution in [2.45, 2.75) is 6.42 Å². The van der Waals surface area contributed by atoms with E-state index < -0.39 is 0 Å². The number of halogens is 2. The number of hydrogen-bond acceptors (Lipinski definition) is 2. The first kappa shape index (κ1) is 11.0. The number of nitriles is 1. The third-order valence-corrected chi connectivity index (χ3v) is 2.86. The zero-order valence-electron chi connectivity index (χ0n) is 7.05. The van der Waals surface area contributed by atoms with Crippen LogP contribution in [0, 0.1) is 11.3 Å². The Hall–Kier alpha value is -1.05. The fraction of sp³-hybridized carbons (Fsp3) is 0.111. The Labute approximate surface area is 94.8 Å². The highest BCUT2D eigenvalue weighted by Crippen LogP contribution is 2.29. The van der Waals surface area contributed by atoms with Crippen molar-refractivity contribution in [1.29, 1.82) is 5.26 Å². The van der Waals surface area contributed by atoms with Gasteiger partial charge in [0, 0.05) is 0 Å². The van der Waals surface area contributed by atoms with E-state index in [1.165, 1.54) is 0 Å². The van der Waals surface area contributed by atoms with E-state index in [0.29, 0.717) is 15.2 Å². The van der Waals surface area contributed by atoms with Crippen molar-refractivity contribution in [2.75, 3.05) is 5.32 Å². The van der Waals surface area contributed by atoms with Gasteiger partial charge in [0.2, 0.25) is 5.91 Å². The first-order valence-electron chi connectivity index (χ1n) is 3.76. The Morgan fingerprint density at radius 1 is 1.64 bits per heavy atom. The summed E-state index contributed by atoms with van der Waals surface area (Å²) >= 11 is 9.04. The number of nitrogens with zero attached hydrogens (tertiary/aromatic N) is 1. The lowest BCUT2D eigenvalue weighted by Gasteiger charge is -2.05. The van der Waals surface area contributed by atoms with E-state index in [0.717, 1.165) is 0 Å². The van der Waals surface area contributed by atoms with Gasteiger partial charge in [0.05, 0.1) is 21.3 Å². The van der Waals surface area contributed by atoms with Gasteiger partial charge in [-0.15, -0.1) is 0 Å². The predicted octanol–water partition coefficient (Wildman–Crippen LogP) is 2.95. The van der Waals surface area contributed by atoms with E-state index in [2.05, 4.69) is 21.2 Å². The summed E-state index contributed by atoms with van der Waals surface area (Å²) in [6, 6.07) is 6.88. The van der Waals surface area contributed by atoms with Gasteiger partial charge in [0.1, 0.15) is 6.42 Å². The molecule has 0 heterocycles. The van der Waals surface area contributed by atoms with Gasteiger partial charge >= 0.3 is 0 Å². The molecule has 5 heteroatoms. The van der Waals surface area contributed by atoms with E-state index in [4.69, 9.17) is 16.9 Å². The number of carbonyl (C=O) groups is 1. The maximum atomic E-state index is 11.1. The summed E-state index contributed by atoms with van der Waals surface area (Å²) in [6.45, 7) is 0. The van der Waals surface area contributed by atoms with E-state index >= 15 is 0 Å². The zero-order chi connectivity index (χ0) is 10.6. The molecule has 1 amide bonds. The molecule has 0 aliphatic rings. The normalized spacial score (nSPS) is 9.21. The van der Waals surface area contributed by atoms with Crippen LogP contribution in [0.3, 0.4) is 0 Å². The number of hydrogen-bond donors (Lipinski definition) is 1. The van der Waals surface area contributed by atoms with Crippen molar-refractivity contribution >= 4 is 39.1 Å². The van der Waals surface area contributed by atoms with Crippen LogP contribution in [0.15, 0.2) is 22.7 Å². The van der Waals surface area contributed by atoms with Crippen LogP contribution in [0.1, 0.15) is 6.42 Å². The monoisotopic (exact) mass is 272 g/mol. The second-order valence-electron chi connectivity index (χ2n) is 2.48. The van der Waals surface area contributed by atoms with Crippen LogP contribution in [0.5, 0.6) is 0 Å². The molecule has 0 saturated carbocycles. The molecule has 1 aromatic rings. The highest BCUT2D eigenvalue weighted by molar-refractivity contribution is 9.10. The molecule has 0 fully saturated rings. The fourth-order valence-electron chi connectivity index (χ4n) is 0.867. The summed E-state index contributed by atoms with van der Waals surface area (Å²) in [6.07, 6.45) is -0.168. The molecule has 1 aromatic carbocycles. The molecule has 0 radical (unpaired) electrons. The maximum Gasteiger partial charge on any atom is 0.238 e. The molecule has 0 aliphatic heterocycles. The van der Waals surface area contributed by atoms with E-state index in [1.54, 1.807) is 24.3 Å². The molecule has 72 valence electrons. The molecule has 0 spiro atoms. The van der Waals surface area contributed by atoms with E-state index in [9.17, 15) is 4.79 Å². The van der Waals surface area contributed by atoms with Crippen molar-refractivity contribution in [1.82, 2.24) is 0 Å². The minimum Gasteiger partial charge on any atom is -0.324 e. The summed E-state index contributed by atoms with van der Waals surface area (Å²) in [4.78, 5) is 11.1. The smallest absolute Gasteiger partial charge is 0.238 e. The SMILES string of the molecule is N#CCC(=O)Nc1cccc(Cl)c1Br. The first-order valence-corrected chi connectivity index (χ1v) is 4.93. The second kappa shape index (κ2) is 4.99. The Kier molecular flexibility index (Phi) is 3.93. The van der Waals surface area contributed by atoms with Gasteiger partial charge < -0.3 is 5.32 Å². The summed E-state index contributed by atoms with van der Waals surface area (Å²) in [7, 11) is 0. The van der Waals surface area contributed by atoms with E-state index in [-0.39, 0.29) is 12.3 Å². The number of rotatable bonds is 2. The lowest BCUT2D eigenvalue weighted by atomic mass is 10.3. The molecule has 3 nitrogen and oxygen atoms in total. The lowest BCUT2D eigenvalue weighted by Crippen LogP contribution is -2.10. The molecule has 0 saturated heterocycles. The van der Waals surface area contributed by atoms with Crippen molar-refractivity contribution < 1.29 is 4.79 Å². The molecular weight excluding hydrogens is 267 g/mol. The van der Waals surface area contributed by atoms with Gasteiger partial charge in [0.25, 0.3) is 0 Å². The van der Waals surface area contributed by atoms with Crippen molar-refractivity contribution in [3.05, 3.63) is 27.7 Å². The average molecular weight is 274 g/mol. The summed E-state index contributed by atoms with van der Waals surface area (Å²) in [5.41, 5.74) is 0.567. The van der Waals surface area contributed by atoms with Crippen LogP contribution >= 0.6 is 27.5 Å². The summed E-state index contributed by atoms with van der Waals surface area (Å²) in [5.74, 6) is -0.351. The quantitative estimate of drug-likeness (QED) is 0.900. The predicted molar refractivity (Wildman–Crippen MR) is 58.0 cm³/mol. The molecule has 1 rings (SSSR count). The number of benzene rings is 1. The summed E-state index contributed by atoms with van der Waals surface area (Å²) in [5, 5.41) is 11.4. The minimum absolute atomic E-state index is 0.168. The van der Waals surface area contributed by atoms with Crippen molar-refractivity contribution in [2.24, 2.45) is 0 Å². The number of anilines is 1. The number of amides is 1. The molecule has 0 aliphatic carbocycles. The van der Waals surface area contributed by atoms with Gasteiger partial charge in [-0.25, -0.2) is 0 Å². The number of nitrogens with one attached hydrogen (secondary N) is 1. The molecular formula is C9H6BrClN2O. The molecule has 14 heavy (non-hydrogen) atoms. The second-order valence-corrected chi connectivity index (χ2v) is 3.68. The maximum absolute atomic E-state index is 11.1. The first-order chi connectivity index (χ1) is 6.65. The van der Waals surface area contributed by atoms with Crippen molar-refractivity contribution in [3.63, 3.8) is 0 Å². The Bertz CT molecular complexity index is 400. The highest BCUT2D eigenvalue weighted by atomic mass is 79.9. The Balaban J connectivity index is 2.83. The van der Waals surface area contributed by atoms with E-state index in [1.807, 2.05) is 0 Å². The summed E-state index contributed by atoms with van der Waals surface area (Å²) < 4.78 is 0.618. The Morgan fingerprint density at radius 2 is 2.36 bits per heavy atom. The standard InChI is InChI=1S/C9H6BrClN2O/c10-9-6(11)2-1-3-7(9)13-8(14)4-5-12/h1-3H,4H2,(H,13,14). The molecule has 0 atom stereocenters. The van der Waals surface area contributed by atoms with Gasteiger partial charge in [-0.1, -0.05) is 17.7 Å². The highest BCUT2D eigenvalue weighted by Gasteiger charge is 2.06. The van der Waals surface area contributed by atoms with Crippen LogP contribution in [-0.2, 0) is 4.79 Å². The Morgan fingerprint density at radius 3 is 3.00 bits per heavy atom. The van der Waals surface area contributed by atoms with Gasteiger partial charge in [-0.2, -0.15) is 5.26 Å². The molecule has 0 unspecified atom stereocenters. The van der Waals surface area contributed by atoms with Gasteiger partial charge in [-0.3, -0.25) is 4.79 Å². The number of carbonyl (C=O) groups excluding carboxylic acids is 1. The zero-order valence-corrected chi connectivity index (χ0v) is 9.39. The van der Waals surface area contributed by atoms with Gasteiger partial charge in [-0.05, 0) is 28.1 Å². The minimum atomic E-state index is -0.351. The van der Waals surface area contributed by atoms with Crippen LogP contribution in [0.4, 0.5) is 5.69 Å². The van der Waals surface area contributed by atoms with Crippen LogP contribution in [0.25, 0.3) is 0 Å². The van der Waals surface area contributed by atoms with Crippen LogP contribution in [-0.4, -0.2) is 5.91 Å². The average Bonchev–Trinajstić information content (AvgIpc) is 2.13. The third-order valence-electron chi connectivity index (χ3n) is 1.47. The van der Waals surface area contributed by atoms with Crippen molar-refractivity contribution in [3.8, 4) is 6.07 Å². The molecule has 0 aromatic heterocycles. The third kappa shape index (κ3) is 2.72. The lowest BCUT2D eigenvalue weighted by molar-refractivity contribution is -0.115. The molecule has 1 N–H and O–H groups in total. The van der Waals surface area contributed by atoms with Crippen LogP contribution in [0.2, 0.25) is 5.02 Å². The van der Waals surface area contributed by atoms with Crippen LogP contribution < -0.4 is 5.32 Å². The van der Waals surface area contributed by atoms with Gasteiger partial charge in [0.15, 0.2) is 0 Å². The molecule has 0 bridgehead atoms. The largest absolute Gasteiger partial charge is 0.324 e.